The lowest BCUT2D eigenvalue weighted by Crippen LogP contribution is -2.45. The predicted octanol–water partition coefficient (Wildman–Crippen LogP) is 10.3. The van der Waals surface area contributed by atoms with Gasteiger partial charge < -0.3 is 88.2 Å². The molecule has 0 aliphatic carbocycles. The lowest BCUT2D eigenvalue weighted by atomic mass is 9.78. The first kappa shape index (κ1) is 85.6. The lowest BCUT2D eigenvalue weighted by Gasteiger charge is -2.38. The van der Waals surface area contributed by atoms with E-state index < -0.39 is 127 Å². The van der Waals surface area contributed by atoms with Crippen LogP contribution in [0.2, 0.25) is 0 Å². The Kier molecular flexibility index (Phi) is 37.9. The average Bonchev–Trinajstić information content (AvgIpc) is 0.853. The summed E-state index contributed by atoms with van der Waals surface area (Å²) in [7, 11) is 6.61. The van der Waals surface area contributed by atoms with Crippen molar-refractivity contribution in [3.63, 3.8) is 0 Å². The highest BCUT2D eigenvalue weighted by atomic mass is 16.6. The second-order valence-corrected chi connectivity index (χ2v) is 30.7. The molecule has 5 aliphatic rings. The molecule has 20 nitrogen and oxygen atoms in total. The van der Waals surface area contributed by atoms with Crippen molar-refractivity contribution in [1.82, 2.24) is 0 Å². The Labute approximate surface area is 588 Å². The highest BCUT2D eigenvalue weighted by molar-refractivity contribution is 5.83. The summed E-state index contributed by atoms with van der Waals surface area (Å²) < 4.78 is 61.5. The second-order valence-electron chi connectivity index (χ2n) is 30.7. The maximum absolute atomic E-state index is 13.9. The number of aliphatic hydroxyl groups excluding tert-OH is 8. The van der Waals surface area contributed by atoms with Crippen LogP contribution >= 0.6 is 0 Å². The minimum Gasteiger partial charge on any atom is -0.458 e. The third kappa shape index (κ3) is 28.2. The van der Waals surface area contributed by atoms with Crippen LogP contribution in [0, 0.1) is 47.3 Å². The summed E-state index contributed by atoms with van der Waals surface area (Å²) >= 11 is 0. The molecule has 98 heavy (non-hydrogen) atoms. The molecule has 0 aromatic carbocycles. The van der Waals surface area contributed by atoms with E-state index in [1.54, 1.807) is 54.4 Å². The minimum atomic E-state index is -1.16. The molecule has 0 saturated carbocycles. The molecule has 566 valence electrons. The minimum absolute atomic E-state index is 0.0260. The topological polar surface area (TPSA) is 288 Å². The molecule has 0 aromatic rings. The summed E-state index contributed by atoms with van der Waals surface area (Å²) in [6.45, 7) is 22.6. The van der Waals surface area contributed by atoms with Gasteiger partial charge in [0, 0.05) is 95.4 Å². The molecule has 5 rings (SSSR count). The number of esters is 2. The van der Waals surface area contributed by atoms with Gasteiger partial charge in [-0.15, -0.1) is 0 Å². The number of carbonyl (C=O) groups excluding carboxylic acids is 2. The standard InChI is InChI=1S/C78H134O20/c1-45-23-29-57(79)37-59-19-17-21-61(95-59)41-71(91-15)52(8)68(82)44-70(84)54(10)78(56(12)76(88)48(4)28-32-64-40-66(90-14)36-50(6)94-64)98-74(86)34-26-46(2)24-30-58(80)38-60-20-18-22-62(96-60)42-72(92-16)51(7)67(81)43-69(83)53(9)77(97-73(85)33-25-45)55(11)75(87)47(3)27-31-63-39-65(89-13)35-49(5)93-63/h17,19,23-26,33-34,47-72,75-84,87-88H,18,20-22,27-32,35-44H2,1-16H3/b33-25+,34-26+,45-23+,46-24+/t47-,48-,49-,50-,51-,52-,53-,54-,55?,56?,57-,58-,59-,60-,61-,62-,63-,64-,65+,66+,67-,68-,69+,70+,71-,72-,75?,76?,77-,78-/m0/s1. The summed E-state index contributed by atoms with van der Waals surface area (Å²) in [5, 5.41) is 94.5. The summed E-state index contributed by atoms with van der Waals surface area (Å²) in [5.74, 6) is -5.42. The molecule has 5 aliphatic heterocycles. The number of cyclic esters (lactones) is 2. The van der Waals surface area contributed by atoms with E-state index in [0.29, 0.717) is 68.9 Å². The number of hydrogen-bond acceptors (Lipinski definition) is 20. The van der Waals surface area contributed by atoms with Gasteiger partial charge in [-0.3, -0.25) is 0 Å². The van der Waals surface area contributed by atoms with Crippen molar-refractivity contribution in [3.05, 3.63) is 59.8 Å². The van der Waals surface area contributed by atoms with E-state index in [9.17, 15) is 50.4 Å². The fourth-order valence-corrected chi connectivity index (χ4v) is 15.7. The molecule has 5 heterocycles. The summed E-state index contributed by atoms with van der Waals surface area (Å²) in [4.78, 5) is 27.8. The van der Waals surface area contributed by atoms with Gasteiger partial charge in [-0.1, -0.05) is 103 Å². The Hall–Kier alpha value is -3.00. The molecule has 4 unspecified atom stereocenters. The van der Waals surface area contributed by atoms with Crippen LogP contribution in [0.3, 0.4) is 0 Å². The maximum atomic E-state index is 13.9. The van der Waals surface area contributed by atoms with Crippen LogP contribution in [0.15, 0.2) is 59.8 Å². The molecular weight excluding hydrogens is 1260 g/mol. The molecule has 4 bridgehead atoms. The number of ether oxygens (including phenoxy) is 10. The van der Waals surface area contributed by atoms with Gasteiger partial charge in [0.1, 0.15) is 12.2 Å². The van der Waals surface area contributed by atoms with E-state index in [2.05, 4.69) is 0 Å². The first-order valence-electron chi connectivity index (χ1n) is 37.4. The normalized spacial score (nSPS) is 41.2. The number of methoxy groups -OCH3 is 4. The van der Waals surface area contributed by atoms with Crippen molar-refractivity contribution >= 4 is 11.9 Å². The fraction of sp³-hybridized carbons (Fsp3) is 0.846. The van der Waals surface area contributed by atoms with Gasteiger partial charge in [-0.2, -0.15) is 0 Å². The van der Waals surface area contributed by atoms with Crippen LogP contribution in [0.4, 0.5) is 0 Å². The summed E-state index contributed by atoms with van der Waals surface area (Å²) in [5.41, 5.74) is 1.41. The zero-order valence-corrected chi connectivity index (χ0v) is 62.6. The van der Waals surface area contributed by atoms with Crippen molar-refractivity contribution in [2.45, 2.75) is 346 Å². The van der Waals surface area contributed by atoms with Crippen LogP contribution in [0.5, 0.6) is 0 Å². The van der Waals surface area contributed by atoms with E-state index in [1.807, 2.05) is 93.5 Å². The number of fused-ring (bicyclic) bond motifs is 4. The van der Waals surface area contributed by atoms with Gasteiger partial charge in [0.2, 0.25) is 0 Å². The summed E-state index contributed by atoms with van der Waals surface area (Å²) in [6, 6.07) is 0. The molecule has 0 amide bonds. The quantitative estimate of drug-likeness (QED) is 0.0526. The largest absolute Gasteiger partial charge is 0.458 e. The van der Waals surface area contributed by atoms with Gasteiger partial charge in [0.25, 0.3) is 0 Å². The zero-order chi connectivity index (χ0) is 72.5. The highest BCUT2D eigenvalue weighted by Crippen LogP contribution is 2.37. The van der Waals surface area contributed by atoms with E-state index in [0.717, 1.165) is 44.9 Å². The van der Waals surface area contributed by atoms with Crippen molar-refractivity contribution in [2.24, 2.45) is 47.3 Å². The summed E-state index contributed by atoms with van der Waals surface area (Å²) in [6.07, 6.45) is 12.7. The Morgan fingerprint density at radius 1 is 0.469 bits per heavy atom. The molecule has 30 atom stereocenters. The van der Waals surface area contributed by atoms with Gasteiger partial charge >= 0.3 is 11.9 Å². The van der Waals surface area contributed by atoms with Crippen molar-refractivity contribution < 1.29 is 97.8 Å². The Balaban J connectivity index is 1.36. The van der Waals surface area contributed by atoms with Crippen LogP contribution in [-0.2, 0) is 57.0 Å². The Bertz CT molecular complexity index is 2440. The van der Waals surface area contributed by atoms with Gasteiger partial charge in [0.15, 0.2) is 0 Å². The molecular formula is C78H134O20. The number of hydrogen-bond donors (Lipinski definition) is 8. The van der Waals surface area contributed by atoms with E-state index >= 15 is 0 Å². The Morgan fingerprint density at radius 2 is 0.878 bits per heavy atom. The smallest absolute Gasteiger partial charge is 0.331 e. The van der Waals surface area contributed by atoms with Crippen LogP contribution in [0.25, 0.3) is 0 Å². The van der Waals surface area contributed by atoms with Crippen LogP contribution < -0.4 is 0 Å². The molecule has 0 radical (unpaired) electrons. The number of aliphatic hydroxyl groups is 8. The Morgan fingerprint density at radius 3 is 1.31 bits per heavy atom. The van der Waals surface area contributed by atoms with Crippen molar-refractivity contribution in [1.29, 1.82) is 0 Å². The number of allylic oxidation sites excluding steroid dienone is 4. The zero-order valence-electron chi connectivity index (χ0n) is 62.6. The SMILES string of the molecule is CO[C@H]1C[C@H](CC[C@H](C)C(O)C(C)[C@H]2OC(=O)/C=C/C(C)=C/C[C@H](O)C[C@@H]3C=CC[C@@H](C[C@H](OC)[C@@H](C)[C@@H](O)C[C@@H](O)[C@H](C)[C@@H](C(C)C(O)[C@@H](C)CC[C@H]4C[C@H](OC)C[C@H](C)O4)OC(=O)/C=C/C(C)=C/C[C@H](O)C[C@@H]4CCC[C@@H](C[C@H](OC)[C@@H](C)[C@@H](O)C[C@@H](O)[C@@H]2C)O4)O3)O[C@@H](C)C1. The van der Waals surface area contributed by atoms with E-state index in [1.165, 1.54) is 12.2 Å². The maximum Gasteiger partial charge on any atom is 0.331 e. The van der Waals surface area contributed by atoms with E-state index in [-0.39, 0.29) is 92.5 Å². The van der Waals surface area contributed by atoms with Gasteiger partial charge in [-0.05, 0) is 149 Å². The van der Waals surface area contributed by atoms with Crippen molar-refractivity contribution in [2.75, 3.05) is 28.4 Å². The highest BCUT2D eigenvalue weighted by Gasteiger charge is 2.43. The molecule has 3 fully saturated rings. The molecule has 8 N–H and O–H groups in total. The average molecular weight is 1390 g/mol. The number of carbonyl (C=O) groups is 2. The third-order valence-electron chi connectivity index (χ3n) is 22.6. The lowest BCUT2D eigenvalue weighted by molar-refractivity contribution is -0.159. The fourth-order valence-electron chi connectivity index (χ4n) is 15.7. The van der Waals surface area contributed by atoms with Crippen LogP contribution in [-0.4, -0.2) is 216 Å². The number of rotatable bonds is 16. The molecule has 0 aromatic heterocycles. The monoisotopic (exact) mass is 1390 g/mol. The van der Waals surface area contributed by atoms with Crippen LogP contribution in [0.1, 0.15) is 212 Å². The second kappa shape index (κ2) is 43.3. The van der Waals surface area contributed by atoms with Crippen molar-refractivity contribution in [3.8, 4) is 0 Å². The van der Waals surface area contributed by atoms with Gasteiger partial charge in [-0.25, -0.2) is 9.59 Å². The first-order valence-corrected chi connectivity index (χ1v) is 37.4. The van der Waals surface area contributed by atoms with Gasteiger partial charge in [0.05, 0.1) is 122 Å². The molecule has 20 heteroatoms. The van der Waals surface area contributed by atoms with E-state index in [4.69, 9.17) is 47.4 Å². The molecule has 0 spiro atoms. The molecule has 3 saturated heterocycles. The third-order valence-corrected chi connectivity index (χ3v) is 22.6. The predicted molar refractivity (Wildman–Crippen MR) is 378 cm³/mol. The first-order chi connectivity index (χ1) is 46.4.